The molecule has 612 valence electrons. The van der Waals surface area contributed by atoms with Gasteiger partial charge in [-0.15, -0.1) is 45.3 Å². The van der Waals surface area contributed by atoms with Crippen molar-refractivity contribution in [1.29, 1.82) is 0 Å². The Bertz CT molecular complexity index is 4420. The number of thiophene rings is 4. The van der Waals surface area contributed by atoms with E-state index in [1.54, 1.807) is 34.6 Å². The molecular weight excluding hydrogens is 1640 g/mol. The van der Waals surface area contributed by atoms with Crippen molar-refractivity contribution in [2.24, 2.45) is 5.41 Å². The van der Waals surface area contributed by atoms with E-state index >= 15 is 0 Å². The van der Waals surface area contributed by atoms with Crippen LogP contribution in [-0.4, -0.2) is 239 Å². The third kappa shape index (κ3) is 22.5. The molecule has 0 aromatic carbocycles. The van der Waals surface area contributed by atoms with E-state index in [-0.39, 0.29) is 202 Å². The van der Waals surface area contributed by atoms with E-state index < -0.39 is 105 Å². The molecule has 0 saturated carbocycles. The number of rotatable bonds is 49. The van der Waals surface area contributed by atoms with Crippen molar-refractivity contribution in [3.05, 3.63) is 46.5 Å². The lowest BCUT2D eigenvalue weighted by molar-refractivity contribution is -0.121. The van der Waals surface area contributed by atoms with Gasteiger partial charge in [0, 0.05) is 67.6 Å². The fraction of sp³-hybridized carbons (Fsp3) is 0.750. The second-order valence-corrected chi connectivity index (χ2v) is 50.0. The Kier molecular flexibility index (Phi) is 32.9. The maximum absolute atomic E-state index is 13.6. The van der Waals surface area contributed by atoms with E-state index in [0.29, 0.717) is 95.2 Å². The van der Waals surface area contributed by atoms with Crippen molar-refractivity contribution in [2.75, 3.05) is 152 Å². The van der Waals surface area contributed by atoms with Crippen LogP contribution in [0.1, 0.15) is 154 Å². The number of ether oxygens (including phenoxy) is 8. The minimum Gasteiger partial charge on any atom is -0.379 e. The number of nitrogens with one attached hydrogen (secondary N) is 7. The van der Waals surface area contributed by atoms with Crippen LogP contribution in [-0.2, 0) is 117 Å². The normalized spacial score (nSPS) is 22.5. The largest absolute Gasteiger partial charge is 0.379 e. The first-order chi connectivity index (χ1) is 50.4. The molecule has 4 aromatic heterocycles. The molecule has 107 heavy (non-hydrogen) atoms. The summed E-state index contributed by atoms with van der Waals surface area (Å²) >= 11 is 2.88. The van der Waals surface area contributed by atoms with E-state index in [0.717, 1.165) is 24.2 Å². The molecule has 0 saturated heterocycles. The number of hydrogen-bond acceptors (Lipinski definition) is 31. The predicted octanol–water partition coefficient (Wildman–Crippen LogP) is 5.14. The zero-order valence-corrected chi connectivity index (χ0v) is 71.6. The molecular formula is C64H105N7O24S12. The van der Waals surface area contributed by atoms with Gasteiger partial charge in [0.1, 0.15) is 33.7 Å². The van der Waals surface area contributed by atoms with Crippen molar-refractivity contribution in [1.82, 2.24) is 34.8 Å². The molecule has 7 N–H and O–H groups in total. The van der Waals surface area contributed by atoms with Gasteiger partial charge in [-0.05, 0) is 129 Å². The summed E-state index contributed by atoms with van der Waals surface area (Å²) in [5, 5.41) is 7.75. The highest BCUT2D eigenvalue weighted by Crippen LogP contribution is 2.49. The average Bonchev–Trinajstić information content (AvgIpc) is 1.58. The summed E-state index contributed by atoms with van der Waals surface area (Å²) in [6.07, 6.45) is 3.08. The van der Waals surface area contributed by atoms with Crippen LogP contribution in [0.2, 0.25) is 0 Å². The smallest absolute Gasteiger partial charge is 0.250 e. The lowest BCUT2D eigenvalue weighted by atomic mass is 9.92. The topological polar surface area (TPSA) is 431 Å². The van der Waals surface area contributed by atoms with Crippen LogP contribution >= 0.6 is 45.3 Å². The predicted molar refractivity (Wildman–Crippen MR) is 408 cm³/mol. The molecule has 7 atom stereocenters. The van der Waals surface area contributed by atoms with Gasteiger partial charge in [0.25, 0.3) is 0 Å². The van der Waals surface area contributed by atoms with Crippen LogP contribution in [0.4, 0.5) is 0 Å². The Morgan fingerprint density at radius 1 is 0.411 bits per heavy atom. The summed E-state index contributed by atoms with van der Waals surface area (Å²) in [5.41, 5.74) is 0.681. The van der Waals surface area contributed by atoms with E-state index in [9.17, 15) is 67.3 Å². The van der Waals surface area contributed by atoms with E-state index in [1.807, 2.05) is 27.7 Å². The molecule has 8 rings (SSSR count). The van der Waals surface area contributed by atoms with E-state index in [2.05, 4.69) is 34.8 Å². The molecule has 43 heteroatoms. The van der Waals surface area contributed by atoms with Crippen molar-refractivity contribution in [2.45, 2.75) is 185 Å². The summed E-state index contributed by atoms with van der Waals surface area (Å²) in [4.78, 5) is 0. The van der Waals surface area contributed by atoms with E-state index in [4.69, 9.17) is 37.9 Å². The molecule has 0 aliphatic carbocycles. The lowest BCUT2D eigenvalue weighted by Crippen LogP contribution is -2.43. The maximum Gasteiger partial charge on any atom is 0.250 e. The van der Waals surface area contributed by atoms with Gasteiger partial charge in [-0.2, -0.15) is 0 Å². The number of fused-ring (bicyclic) bond motifs is 4. The SMILES string of the molecule is CCC[C@H]1C[C@H](C)S(=O)(=O)c2sc(S(=O)(=O)NCCCOCCOCC(COCCOCCNS(=O)(=O)c3cc4c(s3)S(=O)(=O)[C@@H](C)C[C@@H]4NCC)(COCCOCCNS(=O)(=O)c3cc4c(s3)S(=O)(=O)[C@@H](C)C[C@@H]4NCC)COCCOCCNS(=O)(=O)c3cc4c(s3)S(=O)(=O)C(C)(C)C[C@@H]4NCC)cc21. The number of sulfone groups is 4. The fourth-order valence-corrected chi connectivity index (χ4v) is 33.4. The van der Waals surface area contributed by atoms with Gasteiger partial charge in [0.2, 0.25) is 40.1 Å². The zero-order chi connectivity index (χ0) is 78.4. The van der Waals surface area contributed by atoms with Crippen LogP contribution < -0.4 is 34.8 Å². The minimum atomic E-state index is -4.16. The Hall–Kier alpha value is -2.20. The molecule has 0 spiro atoms. The number of hydrogen-bond donors (Lipinski definition) is 7. The zero-order valence-electron chi connectivity index (χ0n) is 61.8. The molecule has 0 bridgehead atoms. The first-order valence-electron chi connectivity index (χ1n) is 35.7. The Morgan fingerprint density at radius 3 is 1.09 bits per heavy atom. The van der Waals surface area contributed by atoms with Crippen molar-refractivity contribution >= 4 is 125 Å². The van der Waals surface area contributed by atoms with Crippen molar-refractivity contribution < 1.29 is 105 Å². The minimum absolute atomic E-state index is 0.00823. The summed E-state index contributed by atoms with van der Waals surface area (Å²) in [7, 11) is -31.5. The average molecular weight is 1740 g/mol. The van der Waals surface area contributed by atoms with Gasteiger partial charge in [-0.25, -0.2) is 86.2 Å². The van der Waals surface area contributed by atoms with Crippen LogP contribution in [0.25, 0.3) is 0 Å². The molecule has 31 nitrogen and oxygen atoms in total. The Morgan fingerprint density at radius 2 is 0.720 bits per heavy atom. The standard InChI is InChI=1S/C64H105N7O24S12/c1-10-15-47-32-44(5)100(72,73)59-48(47)35-55(96-59)104(80,81)68-16-14-20-88-24-28-92-40-64(41-93-29-25-89-21-17-69-105(82,83)56-36-49-52(65-11-2)33-45(6)101(74,75)60(49)97-56,42-94-30-26-90-22-18-70-106(84,85)57-37-50-53(66-12-3)34-46(7)102(76,77)61(50)98-57)43-95-31-27-91-23-19-71-107(86,87)58-38-51-54(67-13-4)39-63(8,9)103(78,79)62(51)99-58/h35-38,44-47,52-54,65-71H,10-34,39-43H2,1-9H3/t44-,45-,46-,47-,52-,53-,54-/m0/s1. The van der Waals surface area contributed by atoms with Crippen LogP contribution in [0, 0.1) is 5.41 Å². The quantitative estimate of drug-likeness (QED) is 0.0281. The third-order valence-electron chi connectivity index (χ3n) is 18.7. The summed E-state index contributed by atoms with van der Waals surface area (Å²) in [5.74, 6) is -0.0650. The Labute approximate surface area is 648 Å². The fourth-order valence-electron chi connectivity index (χ4n) is 12.8. The van der Waals surface area contributed by atoms with Gasteiger partial charge < -0.3 is 53.8 Å². The highest BCUT2D eigenvalue weighted by Gasteiger charge is 2.48. The summed E-state index contributed by atoms with van der Waals surface area (Å²) in [6.45, 7) is 16.3. The first-order valence-corrected chi connectivity index (χ1v) is 51.0. The van der Waals surface area contributed by atoms with Gasteiger partial charge in [-0.1, -0.05) is 34.1 Å². The molecule has 4 aliphatic rings. The molecule has 0 unspecified atom stereocenters. The summed E-state index contributed by atoms with van der Waals surface area (Å²) < 4.78 is 271. The van der Waals surface area contributed by atoms with Gasteiger partial charge in [0.05, 0.1) is 125 Å². The summed E-state index contributed by atoms with van der Waals surface area (Å²) in [6, 6.07) is 4.66. The third-order valence-corrected chi connectivity index (χ3v) is 42.3. The first kappa shape index (κ1) is 90.3. The van der Waals surface area contributed by atoms with E-state index in [1.165, 1.54) is 24.3 Å². The second-order valence-electron chi connectivity index (χ2n) is 27.4. The molecule has 4 aromatic rings. The lowest BCUT2D eigenvalue weighted by Gasteiger charge is -2.35. The van der Waals surface area contributed by atoms with Crippen LogP contribution in [0.3, 0.4) is 0 Å². The highest BCUT2D eigenvalue weighted by atomic mass is 32.3. The van der Waals surface area contributed by atoms with Gasteiger partial charge in [-0.3, -0.25) is 0 Å². The van der Waals surface area contributed by atoms with Crippen LogP contribution in [0.15, 0.2) is 57.9 Å². The van der Waals surface area contributed by atoms with Crippen LogP contribution in [0.5, 0.6) is 0 Å². The molecule has 0 amide bonds. The van der Waals surface area contributed by atoms with Crippen molar-refractivity contribution in [3.63, 3.8) is 0 Å². The van der Waals surface area contributed by atoms with Gasteiger partial charge in [0.15, 0.2) is 39.3 Å². The van der Waals surface area contributed by atoms with Crippen molar-refractivity contribution in [3.8, 4) is 0 Å². The van der Waals surface area contributed by atoms with Gasteiger partial charge >= 0.3 is 0 Å². The highest BCUT2D eigenvalue weighted by molar-refractivity contribution is 7.97. The molecule has 4 aliphatic heterocycles. The molecule has 8 heterocycles. The molecule has 0 fully saturated rings. The Balaban J connectivity index is 0.883. The second kappa shape index (κ2) is 39.0. The number of sulfonamides is 4. The maximum atomic E-state index is 13.6. The molecule has 0 radical (unpaired) electrons. The monoisotopic (exact) mass is 1740 g/mol.